The van der Waals surface area contributed by atoms with Gasteiger partial charge in [-0.25, -0.2) is 0 Å². The molecule has 1 atom stereocenters. The van der Waals surface area contributed by atoms with E-state index in [9.17, 15) is 9.90 Å². The van der Waals surface area contributed by atoms with E-state index >= 15 is 0 Å². The number of aromatic nitrogens is 1. The number of aliphatic carboxylic acids is 1. The summed E-state index contributed by atoms with van der Waals surface area (Å²) in [5.41, 5.74) is 1.91. The Morgan fingerprint density at radius 2 is 1.95 bits per heavy atom. The van der Waals surface area contributed by atoms with Gasteiger partial charge in [0, 0.05) is 16.9 Å². The summed E-state index contributed by atoms with van der Waals surface area (Å²) in [6.07, 6.45) is 3.49. The van der Waals surface area contributed by atoms with E-state index in [1.807, 2.05) is 30.3 Å². The largest absolute Gasteiger partial charge is 0.481 e. The summed E-state index contributed by atoms with van der Waals surface area (Å²) in [5, 5.41) is 9.98. The first-order chi connectivity index (χ1) is 9.65. The average molecular weight is 290 g/mol. The van der Waals surface area contributed by atoms with Crippen molar-refractivity contribution in [2.24, 2.45) is 5.92 Å². The first-order valence-electron chi connectivity index (χ1n) is 6.52. The Hall–Kier alpha value is -1.87. The molecule has 4 heteroatoms. The standard InChI is InChI=1S/C16H16ClNO2/c17-14-7-4-12(5-8-14)11-13(16(19)20)6-9-15-3-1-2-10-18-15/h1-5,7-8,10,13H,6,9,11H2,(H,19,20). The predicted octanol–water partition coefficient (Wildman–Crippen LogP) is 3.61. The third kappa shape index (κ3) is 4.35. The van der Waals surface area contributed by atoms with Gasteiger partial charge in [-0.15, -0.1) is 0 Å². The van der Waals surface area contributed by atoms with Crippen molar-refractivity contribution >= 4 is 17.6 Å². The Balaban J connectivity index is 1.97. The number of carboxylic acid groups (broad SMARTS) is 1. The molecule has 104 valence electrons. The molecule has 0 saturated heterocycles. The number of pyridine rings is 1. The van der Waals surface area contributed by atoms with Crippen molar-refractivity contribution in [1.82, 2.24) is 4.98 Å². The van der Waals surface area contributed by atoms with Crippen molar-refractivity contribution in [3.63, 3.8) is 0 Å². The minimum absolute atomic E-state index is 0.404. The summed E-state index contributed by atoms with van der Waals surface area (Å²) >= 11 is 5.83. The Labute approximate surface area is 123 Å². The summed E-state index contributed by atoms with van der Waals surface area (Å²) in [5.74, 6) is -1.17. The molecule has 2 rings (SSSR count). The van der Waals surface area contributed by atoms with E-state index in [2.05, 4.69) is 4.98 Å². The maximum absolute atomic E-state index is 11.3. The van der Waals surface area contributed by atoms with Gasteiger partial charge in [0.1, 0.15) is 0 Å². The summed E-state index contributed by atoms with van der Waals surface area (Å²) < 4.78 is 0. The number of carbonyl (C=O) groups is 1. The zero-order chi connectivity index (χ0) is 14.4. The van der Waals surface area contributed by atoms with Crippen LogP contribution in [0.2, 0.25) is 5.02 Å². The Morgan fingerprint density at radius 3 is 2.55 bits per heavy atom. The zero-order valence-electron chi connectivity index (χ0n) is 11.0. The number of hydrogen-bond acceptors (Lipinski definition) is 2. The van der Waals surface area contributed by atoms with E-state index in [1.165, 1.54) is 0 Å². The molecule has 1 unspecified atom stereocenters. The first-order valence-corrected chi connectivity index (χ1v) is 6.90. The molecule has 3 nitrogen and oxygen atoms in total. The van der Waals surface area contributed by atoms with Crippen LogP contribution in [0, 0.1) is 5.92 Å². The van der Waals surface area contributed by atoms with Crippen molar-refractivity contribution in [3.8, 4) is 0 Å². The summed E-state index contributed by atoms with van der Waals surface area (Å²) in [7, 11) is 0. The van der Waals surface area contributed by atoms with Gasteiger partial charge >= 0.3 is 5.97 Å². The van der Waals surface area contributed by atoms with E-state index in [-0.39, 0.29) is 0 Å². The minimum Gasteiger partial charge on any atom is -0.481 e. The number of halogens is 1. The van der Waals surface area contributed by atoms with Crippen LogP contribution in [0.4, 0.5) is 0 Å². The SMILES string of the molecule is O=C(O)C(CCc1ccccn1)Cc1ccc(Cl)cc1. The lowest BCUT2D eigenvalue weighted by molar-refractivity contribution is -0.141. The van der Waals surface area contributed by atoms with Gasteiger partial charge in [-0.05, 0) is 49.1 Å². The normalized spacial score (nSPS) is 12.1. The van der Waals surface area contributed by atoms with Crippen LogP contribution < -0.4 is 0 Å². The Kier molecular flexibility index (Phi) is 5.13. The molecule has 0 fully saturated rings. The van der Waals surface area contributed by atoms with Crippen LogP contribution in [0.25, 0.3) is 0 Å². The number of aryl methyl sites for hydroxylation is 1. The minimum atomic E-state index is -0.768. The van der Waals surface area contributed by atoms with Crippen molar-refractivity contribution in [1.29, 1.82) is 0 Å². The van der Waals surface area contributed by atoms with Gasteiger partial charge < -0.3 is 5.11 Å². The van der Waals surface area contributed by atoms with Crippen LogP contribution >= 0.6 is 11.6 Å². The van der Waals surface area contributed by atoms with Crippen molar-refractivity contribution in [2.45, 2.75) is 19.3 Å². The van der Waals surface area contributed by atoms with Gasteiger partial charge in [-0.3, -0.25) is 9.78 Å². The van der Waals surface area contributed by atoms with Crippen LogP contribution in [0.5, 0.6) is 0 Å². The van der Waals surface area contributed by atoms with Crippen LogP contribution in [0.1, 0.15) is 17.7 Å². The van der Waals surface area contributed by atoms with Crippen molar-refractivity contribution in [3.05, 3.63) is 64.9 Å². The van der Waals surface area contributed by atoms with Gasteiger partial charge in [-0.1, -0.05) is 29.8 Å². The maximum Gasteiger partial charge on any atom is 0.306 e. The monoisotopic (exact) mass is 289 g/mol. The van der Waals surface area contributed by atoms with E-state index < -0.39 is 11.9 Å². The Bertz CT molecular complexity index is 554. The topological polar surface area (TPSA) is 50.2 Å². The molecule has 2 aromatic rings. The van der Waals surface area contributed by atoms with Crippen LogP contribution in [0.3, 0.4) is 0 Å². The molecule has 0 saturated carbocycles. The number of hydrogen-bond donors (Lipinski definition) is 1. The predicted molar refractivity (Wildman–Crippen MR) is 78.8 cm³/mol. The fourth-order valence-electron chi connectivity index (χ4n) is 2.09. The molecule has 0 aliphatic carbocycles. The maximum atomic E-state index is 11.3. The van der Waals surface area contributed by atoms with Gasteiger partial charge in [0.15, 0.2) is 0 Å². The van der Waals surface area contributed by atoms with Gasteiger partial charge in [0.25, 0.3) is 0 Å². The fraction of sp³-hybridized carbons (Fsp3) is 0.250. The summed E-state index contributed by atoms with van der Waals surface area (Å²) in [6, 6.07) is 13.0. The van der Waals surface area contributed by atoms with E-state index in [0.29, 0.717) is 24.3 Å². The van der Waals surface area contributed by atoms with Gasteiger partial charge in [0.05, 0.1) is 5.92 Å². The smallest absolute Gasteiger partial charge is 0.306 e. The number of nitrogens with zero attached hydrogens (tertiary/aromatic N) is 1. The van der Waals surface area contributed by atoms with Gasteiger partial charge in [0.2, 0.25) is 0 Å². The molecule has 0 spiro atoms. The van der Waals surface area contributed by atoms with Crippen molar-refractivity contribution < 1.29 is 9.90 Å². The van der Waals surface area contributed by atoms with E-state index in [0.717, 1.165) is 11.3 Å². The second-order valence-electron chi connectivity index (χ2n) is 4.73. The molecule has 20 heavy (non-hydrogen) atoms. The lowest BCUT2D eigenvalue weighted by Crippen LogP contribution is -2.17. The molecular formula is C16H16ClNO2. The molecule has 0 aliphatic rings. The fourth-order valence-corrected chi connectivity index (χ4v) is 2.21. The summed E-state index contributed by atoms with van der Waals surface area (Å²) in [4.78, 5) is 15.6. The van der Waals surface area contributed by atoms with E-state index in [4.69, 9.17) is 11.6 Å². The second kappa shape index (κ2) is 7.06. The van der Waals surface area contributed by atoms with Gasteiger partial charge in [-0.2, -0.15) is 0 Å². The lowest BCUT2D eigenvalue weighted by atomic mass is 9.94. The number of carboxylic acids is 1. The molecule has 1 aromatic carbocycles. The lowest BCUT2D eigenvalue weighted by Gasteiger charge is -2.12. The average Bonchev–Trinajstić information content (AvgIpc) is 2.46. The molecular weight excluding hydrogens is 274 g/mol. The molecule has 1 heterocycles. The highest BCUT2D eigenvalue weighted by atomic mass is 35.5. The molecule has 1 aromatic heterocycles. The first kappa shape index (κ1) is 14.5. The molecule has 1 N–H and O–H groups in total. The molecule has 0 bridgehead atoms. The van der Waals surface area contributed by atoms with Crippen LogP contribution in [-0.2, 0) is 17.6 Å². The second-order valence-corrected chi connectivity index (χ2v) is 5.16. The molecule has 0 aliphatic heterocycles. The highest BCUT2D eigenvalue weighted by molar-refractivity contribution is 6.30. The molecule has 0 amide bonds. The zero-order valence-corrected chi connectivity index (χ0v) is 11.8. The third-order valence-corrected chi connectivity index (χ3v) is 3.47. The van der Waals surface area contributed by atoms with E-state index in [1.54, 1.807) is 18.3 Å². The van der Waals surface area contributed by atoms with Crippen LogP contribution in [-0.4, -0.2) is 16.1 Å². The third-order valence-electron chi connectivity index (χ3n) is 3.22. The molecule has 0 radical (unpaired) electrons. The Morgan fingerprint density at radius 1 is 1.20 bits per heavy atom. The highest BCUT2D eigenvalue weighted by Crippen LogP contribution is 2.17. The van der Waals surface area contributed by atoms with Crippen LogP contribution in [0.15, 0.2) is 48.7 Å². The quantitative estimate of drug-likeness (QED) is 0.884. The summed E-state index contributed by atoms with van der Waals surface area (Å²) in [6.45, 7) is 0. The highest BCUT2D eigenvalue weighted by Gasteiger charge is 2.18. The number of benzene rings is 1. The number of rotatable bonds is 6. The van der Waals surface area contributed by atoms with Crippen molar-refractivity contribution in [2.75, 3.05) is 0 Å².